The average molecular weight is 407 g/mol. The van der Waals surface area contributed by atoms with Gasteiger partial charge in [0.1, 0.15) is 5.82 Å². The number of nitrogens with zero attached hydrogens (tertiary/aromatic N) is 3. The fraction of sp³-hybridized carbons (Fsp3) is 0.391. The molecule has 0 radical (unpaired) electrons. The molecule has 2 aromatic carbocycles. The summed E-state index contributed by atoms with van der Waals surface area (Å²) in [6.07, 6.45) is 4.18. The molecule has 148 valence electrons. The van der Waals surface area contributed by atoms with Crippen molar-refractivity contribution in [3.63, 3.8) is 0 Å². The Balaban J connectivity index is 1.33. The van der Waals surface area contributed by atoms with Crippen LogP contribution in [0.25, 0.3) is 5.69 Å². The minimum absolute atomic E-state index is 0.109. The van der Waals surface area contributed by atoms with E-state index in [1.165, 1.54) is 16.7 Å². The maximum absolute atomic E-state index is 6.35. The van der Waals surface area contributed by atoms with E-state index in [0.717, 1.165) is 61.2 Å². The molecule has 3 heterocycles. The largest absolute Gasteiger partial charge is 0.366 e. The summed E-state index contributed by atoms with van der Waals surface area (Å²) >= 11 is 6.25. The molecule has 3 aromatic rings. The van der Waals surface area contributed by atoms with Crippen LogP contribution in [0.3, 0.4) is 0 Å². The number of hydrogen-bond donors (Lipinski definition) is 1. The first-order valence-electron chi connectivity index (χ1n) is 10.4. The van der Waals surface area contributed by atoms with Gasteiger partial charge in [0, 0.05) is 17.5 Å². The number of nitrogens with one attached hydrogen (secondary N) is 1. The van der Waals surface area contributed by atoms with E-state index >= 15 is 0 Å². The minimum Gasteiger partial charge on any atom is -0.366 e. The third-order valence-corrected chi connectivity index (χ3v) is 7.04. The monoisotopic (exact) mass is 406 g/mol. The van der Waals surface area contributed by atoms with Gasteiger partial charge < -0.3 is 10.1 Å². The van der Waals surface area contributed by atoms with Gasteiger partial charge in [-0.05, 0) is 60.6 Å². The topological polar surface area (TPSA) is 52.0 Å². The van der Waals surface area contributed by atoms with Gasteiger partial charge in [0.2, 0.25) is 0 Å². The molecule has 1 aromatic heterocycles. The predicted octanol–water partition coefficient (Wildman–Crippen LogP) is 4.61. The van der Waals surface area contributed by atoms with E-state index in [1.807, 2.05) is 12.1 Å². The van der Waals surface area contributed by atoms with Crippen LogP contribution in [0, 0.1) is 0 Å². The Morgan fingerprint density at radius 1 is 1.03 bits per heavy atom. The lowest BCUT2D eigenvalue weighted by molar-refractivity contribution is -0.0674. The highest BCUT2D eigenvalue weighted by atomic mass is 35.5. The second kappa shape index (κ2) is 6.66. The highest BCUT2D eigenvalue weighted by molar-refractivity contribution is 6.30. The zero-order valence-corrected chi connectivity index (χ0v) is 17.0. The van der Waals surface area contributed by atoms with Gasteiger partial charge in [-0.3, -0.25) is 4.57 Å². The van der Waals surface area contributed by atoms with Crippen LogP contribution in [0.1, 0.15) is 59.9 Å². The molecule has 3 aliphatic rings. The molecule has 0 unspecified atom stereocenters. The van der Waals surface area contributed by atoms with E-state index in [0.29, 0.717) is 12.5 Å². The molecule has 1 N–H and O–H groups in total. The summed E-state index contributed by atoms with van der Waals surface area (Å²) in [5.74, 6) is 2.44. The van der Waals surface area contributed by atoms with Gasteiger partial charge >= 0.3 is 0 Å². The quantitative estimate of drug-likeness (QED) is 0.641. The zero-order chi connectivity index (χ0) is 19.4. The molecule has 1 spiro atoms. The highest BCUT2D eigenvalue weighted by Crippen LogP contribution is 2.50. The second-order valence-corrected chi connectivity index (χ2v) is 8.84. The highest BCUT2D eigenvalue weighted by Gasteiger charge is 2.44. The van der Waals surface area contributed by atoms with E-state index in [4.69, 9.17) is 16.3 Å². The Labute approximate surface area is 175 Å². The zero-order valence-electron chi connectivity index (χ0n) is 16.2. The molecule has 6 heteroatoms. The van der Waals surface area contributed by atoms with Gasteiger partial charge in [0.15, 0.2) is 5.82 Å². The lowest BCUT2D eigenvalue weighted by atomic mass is 9.74. The number of halogens is 1. The van der Waals surface area contributed by atoms with Crippen molar-refractivity contribution in [3.8, 4) is 5.69 Å². The predicted molar refractivity (Wildman–Crippen MR) is 111 cm³/mol. The molecule has 0 bridgehead atoms. The third-order valence-electron chi connectivity index (χ3n) is 6.81. The van der Waals surface area contributed by atoms with Crippen molar-refractivity contribution in [2.75, 3.05) is 0 Å². The van der Waals surface area contributed by atoms with Crippen molar-refractivity contribution in [1.82, 2.24) is 20.1 Å². The second-order valence-electron chi connectivity index (χ2n) is 8.40. The summed E-state index contributed by atoms with van der Waals surface area (Å²) in [7, 11) is 0. The number of ether oxygens (including phenoxy) is 1. The van der Waals surface area contributed by atoms with Crippen molar-refractivity contribution in [3.05, 3.63) is 75.8 Å². The minimum atomic E-state index is -0.109. The normalized spacial score (nSPS) is 25.3. The van der Waals surface area contributed by atoms with Gasteiger partial charge in [-0.1, -0.05) is 35.9 Å². The molecule has 2 aliphatic heterocycles. The number of benzene rings is 2. The van der Waals surface area contributed by atoms with E-state index in [9.17, 15) is 0 Å². The van der Waals surface area contributed by atoms with Crippen LogP contribution >= 0.6 is 11.6 Å². The van der Waals surface area contributed by atoms with E-state index < -0.39 is 0 Å². The summed E-state index contributed by atoms with van der Waals surface area (Å²) in [6, 6.07) is 14.8. The molecule has 1 aliphatic carbocycles. The van der Waals surface area contributed by atoms with Crippen LogP contribution in [0.5, 0.6) is 0 Å². The van der Waals surface area contributed by atoms with Gasteiger partial charge in [-0.25, -0.2) is 0 Å². The molecule has 0 amide bonds. The fourth-order valence-corrected chi connectivity index (χ4v) is 5.53. The molecule has 1 saturated carbocycles. The van der Waals surface area contributed by atoms with Gasteiger partial charge in [-0.15, -0.1) is 10.2 Å². The molecular weight excluding hydrogens is 384 g/mol. The van der Waals surface area contributed by atoms with Gasteiger partial charge in [-0.2, -0.15) is 0 Å². The van der Waals surface area contributed by atoms with Crippen LogP contribution in [-0.2, 0) is 30.0 Å². The number of rotatable bonds is 1. The number of hydrogen-bond acceptors (Lipinski definition) is 4. The summed E-state index contributed by atoms with van der Waals surface area (Å²) in [4.78, 5) is 0. The first-order valence-corrected chi connectivity index (χ1v) is 10.8. The summed E-state index contributed by atoms with van der Waals surface area (Å²) in [5.41, 5.74) is 4.97. The average Bonchev–Trinajstić information content (AvgIpc) is 3.27. The molecule has 0 atom stereocenters. The molecule has 0 saturated heterocycles. The van der Waals surface area contributed by atoms with Crippen LogP contribution in [0.15, 0.2) is 42.5 Å². The molecular formula is C23H23ClN4O. The van der Waals surface area contributed by atoms with E-state index in [1.54, 1.807) is 0 Å². The Bertz CT molecular complexity index is 1080. The SMILES string of the molecule is Clc1ccc2c(c1)CNCc1nnc([C@H]3CC[C@@]4(CC3)OCc3ccccc34)n1-2. The number of aromatic nitrogens is 3. The lowest BCUT2D eigenvalue weighted by Gasteiger charge is -2.37. The number of fused-ring (bicyclic) bond motifs is 5. The van der Waals surface area contributed by atoms with Crippen LogP contribution in [0.2, 0.25) is 5.02 Å². The first kappa shape index (κ1) is 17.6. The summed E-state index contributed by atoms with van der Waals surface area (Å²) < 4.78 is 8.61. The van der Waals surface area contributed by atoms with Crippen molar-refractivity contribution in [1.29, 1.82) is 0 Å². The van der Waals surface area contributed by atoms with Gasteiger partial charge in [0.05, 0.1) is 24.4 Å². The summed E-state index contributed by atoms with van der Waals surface area (Å²) in [5, 5.41) is 13.4. The fourth-order valence-electron chi connectivity index (χ4n) is 5.33. The maximum Gasteiger partial charge on any atom is 0.151 e. The first-order chi connectivity index (χ1) is 14.2. The Hall–Kier alpha value is -2.21. The van der Waals surface area contributed by atoms with Crippen LogP contribution in [-0.4, -0.2) is 14.8 Å². The van der Waals surface area contributed by atoms with Crippen molar-refractivity contribution >= 4 is 11.6 Å². The van der Waals surface area contributed by atoms with Crippen molar-refractivity contribution < 1.29 is 4.74 Å². The molecule has 29 heavy (non-hydrogen) atoms. The lowest BCUT2D eigenvalue weighted by Crippen LogP contribution is -2.31. The molecule has 6 rings (SSSR count). The molecule has 5 nitrogen and oxygen atoms in total. The van der Waals surface area contributed by atoms with Crippen molar-refractivity contribution in [2.45, 2.75) is 56.9 Å². The summed E-state index contributed by atoms with van der Waals surface area (Å²) in [6.45, 7) is 2.24. The van der Waals surface area contributed by atoms with E-state index in [2.05, 4.69) is 50.4 Å². The Kier molecular flexibility index (Phi) is 4.05. The Morgan fingerprint density at radius 2 is 1.90 bits per heavy atom. The maximum atomic E-state index is 6.35. The van der Waals surface area contributed by atoms with Crippen LogP contribution in [0.4, 0.5) is 0 Å². The molecule has 1 fully saturated rings. The van der Waals surface area contributed by atoms with E-state index in [-0.39, 0.29) is 5.60 Å². The van der Waals surface area contributed by atoms with Crippen molar-refractivity contribution in [2.24, 2.45) is 0 Å². The smallest absolute Gasteiger partial charge is 0.151 e. The third kappa shape index (κ3) is 2.75. The standard InChI is InChI=1S/C23H23ClN4O/c24-18-5-6-20-17(11-18)12-25-13-21-26-27-22(28(20)21)15-7-9-23(10-8-15)19-4-2-1-3-16(19)14-29-23/h1-6,11,15,25H,7-10,12-14H2/t15-,23-. The van der Waals surface area contributed by atoms with Crippen LogP contribution < -0.4 is 5.32 Å². The van der Waals surface area contributed by atoms with Gasteiger partial charge in [0.25, 0.3) is 0 Å². The Morgan fingerprint density at radius 3 is 2.79 bits per heavy atom.